The van der Waals surface area contributed by atoms with E-state index in [1.54, 1.807) is 109 Å². The molecule has 270 valence electrons. The molecule has 0 aromatic rings. The van der Waals surface area contributed by atoms with Crippen LogP contribution in [0, 0.1) is 98.6 Å². The molecule has 0 aliphatic heterocycles. The van der Waals surface area contributed by atoms with Gasteiger partial charge in [-0.25, -0.2) is 0 Å². The first-order valence-electron chi connectivity index (χ1n) is 22.9. The topological polar surface area (TPSA) is 0 Å². The Morgan fingerprint density at radius 2 is 1.06 bits per heavy atom. The van der Waals surface area contributed by atoms with Crippen molar-refractivity contribution in [3.05, 3.63) is 11.6 Å². The molecule has 0 saturated heterocycles. The first kappa shape index (κ1) is 33.6. The van der Waals surface area contributed by atoms with Crippen molar-refractivity contribution in [1.29, 1.82) is 0 Å². The van der Waals surface area contributed by atoms with Crippen LogP contribution in [-0.2, 0) is 0 Å². The zero-order valence-electron chi connectivity index (χ0n) is 32.8. The molecule has 0 spiro atoms. The first-order valence-corrected chi connectivity index (χ1v) is 22.9. The third-order valence-electron chi connectivity index (χ3n) is 21.4. The standard InChI is InChI=1S/C48H78/c1-7-31-21-25-39-37-23-19-33-13-11-17-41(47(33,5)43(37)27-29-45(31,39)3)35-15-9-10-16-36(35)42-18-12-14-34-20-24-38-40-26-22-32(8-2)46(40,4)30-28-44(38)48(34,42)6/h15,31-34,36-44H,7-14,16-30H2,1-6H3/t31-,32-,33-,34-,36?,37-,38-,39-,40-,41?,42?,43-,44-,45+,46+,47+,48+/m0/s1. The van der Waals surface area contributed by atoms with Gasteiger partial charge in [-0.15, -0.1) is 0 Å². The average Bonchev–Trinajstić information content (AvgIpc) is 3.63. The van der Waals surface area contributed by atoms with E-state index in [0.717, 1.165) is 76.9 Å². The minimum Gasteiger partial charge on any atom is -0.0847 e. The molecule has 0 heterocycles. The largest absolute Gasteiger partial charge is 0.0847 e. The van der Waals surface area contributed by atoms with Gasteiger partial charge in [-0.05, 0) is 221 Å². The Balaban J connectivity index is 1.04. The molecule has 0 aromatic heterocycles. The van der Waals surface area contributed by atoms with Crippen molar-refractivity contribution in [2.75, 3.05) is 0 Å². The highest BCUT2D eigenvalue weighted by Gasteiger charge is 2.65. The second-order valence-electron chi connectivity index (χ2n) is 21.8. The lowest BCUT2D eigenvalue weighted by Crippen LogP contribution is -2.58. The molecular weight excluding hydrogens is 577 g/mol. The molecule has 0 N–H and O–H groups in total. The summed E-state index contributed by atoms with van der Waals surface area (Å²) < 4.78 is 0. The molecule has 0 radical (unpaired) electrons. The lowest BCUT2D eigenvalue weighted by Gasteiger charge is -2.66. The highest BCUT2D eigenvalue weighted by atomic mass is 14.7. The molecule has 9 aliphatic rings. The summed E-state index contributed by atoms with van der Waals surface area (Å²) in [6.45, 7) is 16.5. The molecule has 8 fully saturated rings. The van der Waals surface area contributed by atoms with E-state index in [0.29, 0.717) is 21.7 Å². The van der Waals surface area contributed by atoms with Crippen molar-refractivity contribution in [1.82, 2.24) is 0 Å². The zero-order valence-corrected chi connectivity index (χ0v) is 32.8. The maximum absolute atomic E-state index is 2.97. The Bertz CT molecular complexity index is 1230. The van der Waals surface area contributed by atoms with Gasteiger partial charge >= 0.3 is 0 Å². The number of allylic oxidation sites excluding steroid dienone is 2. The second kappa shape index (κ2) is 12.1. The van der Waals surface area contributed by atoms with Gasteiger partial charge in [0.25, 0.3) is 0 Å². The van der Waals surface area contributed by atoms with Crippen molar-refractivity contribution in [2.45, 2.75) is 189 Å². The second-order valence-corrected chi connectivity index (χ2v) is 21.8. The van der Waals surface area contributed by atoms with E-state index < -0.39 is 0 Å². The van der Waals surface area contributed by atoms with E-state index in [1.165, 1.54) is 38.5 Å². The van der Waals surface area contributed by atoms with Crippen LogP contribution in [0.5, 0.6) is 0 Å². The van der Waals surface area contributed by atoms with Crippen molar-refractivity contribution < 1.29 is 0 Å². The number of hydrogen-bond acceptors (Lipinski definition) is 0. The van der Waals surface area contributed by atoms with Crippen LogP contribution >= 0.6 is 0 Å². The quantitative estimate of drug-likeness (QED) is 0.265. The van der Waals surface area contributed by atoms with Gasteiger partial charge in [0.05, 0.1) is 0 Å². The van der Waals surface area contributed by atoms with Crippen molar-refractivity contribution in [3.8, 4) is 0 Å². The monoisotopic (exact) mass is 655 g/mol. The molecule has 3 unspecified atom stereocenters. The summed E-state index contributed by atoms with van der Waals surface area (Å²) in [7, 11) is 0. The molecular formula is C48H78. The fourth-order valence-electron chi connectivity index (χ4n) is 19.2. The highest BCUT2D eigenvalue weighted by Crippen LogP contribution is 2.73. The van der Waals surface area contributed by atoms with E-state index in [-0.39, 0.29) is 0 Å². The minimum absolute atomic E-state index is 0.573. The summed E-state index contributed by atoms with van der Waals surface area (Å²) in [4.78, 5) is 0. The van der Waals surface area contributed by atoms with Crippen LogP contribution < -0.4 is 0 Å². The summed E-state index contributed by atoms with van der Waals surface area (Å²) in [5.74, 6) is 13.0. The molecule has 0 amide bonds. The maximum atomic E-state index is 2.97. The molecule has 48 heavy (non-hydrogen) atoms. The zero-order chi connectivity index (χ0) is 33.1. The van der Waals surface area contributed by atoms with Crippen LogP contribution in [0.2, 0.25) is 0 Å². The third kappa shape index (κ3) is 4.49. The Hall–Kier alpha value is -0.260. The predicted octanol–water partition coefficient (Wildman–Crippen LogP) is 14.1. The van der Waals surface area contributed by atoms with Gasteiger partial charge in [-0.2, -0.15) is 0 Å². The molecule has 9 rings (SSSR count). The fourth-order valence-corrected chi connectivity index (χ4v) is 19.2. The smallest absolute Gasteiger partial charge is 0.0141 e. The Kier molecular flexibility index (Phi) is 8.49. The Morgan fingerprint density at radius 3 is 1.67 bits per heavy atom. The molecule has 0 bridgehead atoms. The molecule has 0 nitrogen and oxygen atoms in total. The summed E-state index contributed by atoms with van der Waals surface area (Å²) >= 11 is 0. The Morgan fingerprint density at radius 1 is 0.500 bits per heavy atom. The molecule has 17 atom stereocenters. The van der Waals surface area contributed by atoms with Gasteiger partial charge in [0.2, 0.25) is 0 Å². The summed E-state index contributed by atoms with van der Waals surface area (Å²) in [6, 6.07) is 0. The molecule has 9 aliphatic carbocycles. The van der Waals surface area contributed by atoms with E-state index in [9.17, 15) is 0 Å². The van der Waals surface area contributed by atoms with Crippen LogP contribution in [0.15, 0.2) is 11.6 Å². The van der Waals surface area contributed by atoms with Gasteiger partial charge in [-0.1, -0.05) is 78.9 Å². The fraction of sp³-hybridized carbons (Fsp3) is 0.958. The van der Waals surface area contributed by atoms with Crippen LogP contribution in [0.3, 0.4) is 0 Å². The summed E-state index contributed by atoms with van der Waals surface area (Å²) in [6.07, 6.45) is 38.4. The summed E-state index contributed by atoms with van der Waals surface area (Å²) in [5.41, 5.74) is 4.59. The minimum atomic E-state index is 0.573. The lowest BCUT2D eigenvalue weighted by atomic mass is 9.39. The van der Waals surface area contributed by atoms with E-state index in [4.69, 9.17) is 0 Å². The maximum Gasteiger partial charge on any atom is -0.0141 e. The van der Waals surface area contributed by atoms with Crippen LogP contribution in [0.4, 0.5) is 0 Å². The molecule has 0 heteroatoms. The van der Waals surface area contributed by atoms with Gasteiger partial charge in [0, 0.05) is 0 Å². The highest BCUT2D eigenvalue weighted by molar-refractivity contribution is 5.25. The van der Waals surface area contributed by atoms with Crippen molar-refractivity contribution >= 4 is 0 Å². The van der Waals surface area contributed by atoms with E-state index in [1.807, 2.05) is 0 Å². The SMILES string of the molecule is CC[C@H]1CC[C@H]2[C@@H]3CC[C@@H]4CCCC(C5=CCCCC5C5CCC[C@H]6CC[C@H]7[C@@H]8CC[C@H](CC)[C@@]8(C)CC[C@@H]7[C@@]56C)[C@]4(C)[C@H]3CC[C@]12C. The normalized spacial score (nSPS) is 57.7. The van der Waals surface area contributed by atoms with Crippen molar-refractivity contribution in [3.63, 3.8) is 0 Å². The van der Waals surface area contributed by atoms with Crippen LogP contribution in [0.1, 0.15) is 189 Å². The molecule has 8 saturated carbocycles. The van der Waals surface area contributed by atoms with Gasteiger partial charge in [0.1, 0.15) is 0 Å². The van der Waals surface area contributed by atoms with E-state index in [2.05, 4.69) is 53.2 Å². The Labute approximate surface area is 298 Å². The first-order chi connectivity index (χ1) is 23.2. The van der Waals surface area contributed by atoms with Crippen molar-refractivity contribution in [2.24, 2.45) is 98.6 Å². The number of hydrogen-bond donors (Lipinski definition) is 0. The number of fused-ring (bicyclic) bond motifs is 10. The lowest BCUT2D eigenvalue weighted by molar-refractivity contribution is -0.153. The van der Waals surface area contributed by atoms with Gasteiger partial charge < -0.3 is 0 Å². The summed E-state index contributed by atoms with van der Waals surface area (Å²) in [5, 5.41) is 0. The average molecular weight is 655 g/mol. The number of rotatable bonds is 4. The van der Waals surface area contributed by atoms with E-state index >= 15 is 0 Å². The van der Waals surface area contributed by atoms with Crippen LogP contribution in [0.25, 0.3) is 0 Å². The third-order valence-corrected chi connectivity index (χ3v) is 21.4. The molecule has 0 aromatic carbocycles. The van der Waals surface area contributed by atoms with Gasteiger partial charge in [-0.3, -0.25) is 0 Å². The van der Waals surface area contributed by atoms with Gasteiger partial charge in [0.15, 0.2) is 0 Å². The van der Waals surface area contributed by atoms with Crippen LogP contribution in [-0.4, -0.2) is 0 Å². The predicted molar refractivity (Wildman–Crippen MR) is 203 cm³/mol.